The average Bonchev–Trinajstić information content (AvgIpc) is 3.41. The molecule has 0 bridgehead atoms. The molecule has 0 aromatic heterocycles. The highest BCUT2D eigenvalue weighted by Gasteiger charge is 2.33. The summed E-state index contributed by atoms with van der Waals surface area (Å²) >= 11 is 0. The van der Waals surface area contributed by atoms with Crippen LogP contribution in [0.3, 0.4) is 0 Å². The second-order valence-electron chi connectivity index (χ2n) is 11.6. The molecule has 12 nitrogen and oxygen atoms in total. The van der Waals surface area contributed by atoms with E-state index in [0.29, 0.717) is 50.6 Å². The lowest BCUT2D eigenvalue weighted by atomic mass is 9.89. The number of aromatic carboxylic acids is 1. The molecule has 3 aliphatic rings. The number of imide groups is 1. The molecule has 0 unspecified atom stereocenters. The van der Waals surface area contributed by atoms with E-state index in [1.807, 2.05) is 62.3 Å². The van der Waals surface area contributed by atoms with Crippen LogP contribution in [-0.2, 0) is 21.0 Å². The summed E-state index contributed by atoms with van der Waals surface area (Å²) in [5.41, 5.74) is 4.11. The number of carboxylic acid groups (broad SMARTS) is 1. The van der Waals surface area contributed by atoms with E-state index in [2.05, 4.69) is 10.3 Å². The van der Waals surface area contributed by atoms with Gasteiger partial charge in [0.25, 0.3) is 17.7 Å². The van der Waals surface area contributed by atoms with Crippen LogP contribution in [0.5, 0.6) is 0 Å². The summed E-state index contributed by atoms with van der Waals surface area (Å²) in [6, 6.07) is 21.9. The number of benzene rings is 4. The number of rotatable bonds is 9. The van der Waals surface area contributed by atoms with Gasteiger partial charge < -0.3 is 24.6 Å². The number of hydrogen-bond acceptors (Lipinski definition) is 9. The van der Waals surface area contributed by atoms with Gasteiger partial charge in [-0.15, -0.1) is 5.06 Å². The van der Waals surface area contributed by atoms with Gasteiger partial charge in [0.05, 0.1) is 16.5 Å². The highest BCUT2D eigenvalue weighted by atomic mass is 16.7. The number of hydroxylamine groups is 2. The van der Waals surface area contributed by atoms with Crippen LogP contribution in [0, 0.1) is 0 Å². The maximum Gasteiger partial charge on any atom is 0.363 e. The Hall–Kier alpha value is -6.30. The van der Waals surface area contributed by atoms with E-state index in [1.165, 1.54) is 18.2 Å². The van der Waals surface area contributed by atoms with Crippen molar-refractivity contribution in [2.24, 2.45) is 4.99 Å². The Labute approximate surface area is 280 Å². The Morgan fingerprint density at radius 3 is 2.27 bits per heavy atom. The summed E-state index contributed by atoms with van der Waals surface area (Å²) < 4.78 is 6.33. The fraction of sp³-hybridized carbons (Fsp3) is 0.189. The minimum Gasteiger partial charge on any atom is -0.478 e. The van der Waals surface area contributed by atoms with E-state index in [4.69, 9.17) is 9.25 Å². The predicted octanol–water partition coefficient (Wildman–Crippen LogP) is 5.04. The molecule has 0 spiro atoms. The van der Waals surface area contributed by atoms with Gasteiger partial charge in [-0.2, -0.15) is 0 Å². The number of hydrogen-bond donors (Lipinski definition) is 2. The van der Waals surface area contributed by atoms with Crippen molar-refractivity contribution >= 4 is 46.3 Å². The van der Waals surface area contributed by atoms with Crippen molar-refractivity contribution in [3.63, 3.8) is 0 Å². The molecule has 2 N–H and O–H groups in total. The molecule has 12 heteroatoms. The van der Waals surface area contributed by atoms with Crippen LogP contribution in [0.15, 0.2) is 88.3 Å². The second-order valence-corrected chi connectivity index (χ2v) is 11.6. The quantitative estimate of drug-likeness (QED) is 0.163. The van der Waals surface area contributed by atoms with Crippen LogP contribution in [0.1, 0.15) is 56.4 Å². The van der Waals surface area contributed by atoms with Gasteiger partial charge in [0.15, 0.2) is 0 Å². The van der Waals surface area contributed by atoms with E-state index < -0.39 is 29.7 Å². The summed E-state index contributed by atoms with van der Waals surface area (Å²) in [4.78, 5) is 73.1. The number of carboxylic acids is 1. The van der Waals surface area contributed by atoms with Crippen LogP contribution in [0.4, 0.5) is 5.69 Å². The third-order valence-electron chi connectivity index (χ3n) is 8.15. The van der Waals surface area contributed by atoms with Crippen LogP contribution in [-0.4, -0.2) is 60.5 Å². The van der Waals surface area contributed by atoms with Gasteiger partial charge in [-0.3, -0.25) is 19.4 Å². The molecule has 0 radical (unpaired) electrons. The number of amides is 3. The number of nitrogens with one attached hydrogen (secondary N) is 1. The van der Waals surface area contributed by atoms with Gasteiger partial charge in [0, 0.05) is 79.9 Å². The SMILES string of the molecule is CC/N=c1\ccc2c(-c3ccc(C(=O)NCc4ccc(C(=O)ON5C(=O)CCC5=O)cc4)cc3C(=O)O)c3ccc(N(C)C)cc3oc-2c1. The molecular formula is C37H32N4O8. The summed E-state index contributed by atoms with van der Waals surface area (Å²) in [6.07, 6.45) is -0.0153. The zero-order valence-corrected chi connectivity index (χ0v) is 27.0. The normalized spacial score (nSPS) is 13.3. The van der Waals surface area contributed by atoms with Crippen molar-refractivity contribution in [1.29, 1.82) is 0 Å². The number of fused-ring (bicyclic) bond motifs is 2. The lowest BCUT2D eigenvalue weighted by Gasteiger charge is -2.19. The first-order chi connectivity index (χ1) is 23.5. The van der Waals surface area contributed by atoms with Gasteiger partial charge in [-0.05, 0) is 66.6 Å². The Balaban J connectivity index is 1.28. The van der Waals surface area contributed by atoms with Crippen molar-refractivity contribution in [2.75, 3.05) is 25.5 Å². The third kappa shape index (κ3) is 6.61. The number of anilines is 1. The largest absolute Gasteiger partial charge is 0.478 e. The molecule has 1 aliphatic carbocycles. The van der Waals surface area contributed by atoms with Crippen molar-refractivity contribution in [3.05, 3.63) is 106 Å². The zero-order valence-electron chi connectivity index (χ0n) is 27.0. The lowest BCUT2D eigenvalue weighted by molar-refractivity contribution is -0.172. The average molecular weight is 661 g/mol. The molecule has 1 saturated heterocycles. The Bertz CT molecular complexity index is 2170. The summed E-state index contributed by atoms with van der Waals surface area (Å²) in [6.45, 7) is 2.61. The predicted molar refractivity (Wildman–Crippen MR) is 180 cm³/mol. The first kappa shape index (κ1) is 32.6. The van der Waals surface area contributed by atoms with Crippen molar-refractivity contribution in [3.8, 4) is 22.5 Å². The first-order valence-corrected chi connectivity index (χ1v) is 15.6. The maximum absolute atomic E-state index is 13.2. The summed E-state index contributed by atoms with van der Waals surface area (Å²) in [5, 5.41) is 15.1. The van der Waals surface area contributed by atoms with Gasteiger partial charge in [-0.25, -0.2) is 9.59 Å². The van der Waals surface area contributed by atoms with Crippen LogP contribution in [0.2, 0.25) is 0 Å². The lowest BCUT2D eigenvalue weighted by Crippen LogP contribution is -2.32. The topological polar surface area (TPSA) is 159 Å². The molecule has 3 aromatic rings. The second kappa shape index (κ2) is 13.4. The van der Waals surface area contributed by atoms with Crippen LogP contribution >= 0.6 is 0 Å². The fourth-order valence-electron chi connectivity index (χ4n) is 5.63. The minimum absolute atomic E-state index is 0.00763. The number of nitrogens with zero attached hydrogens (tertiary/aromatic N) is 3. The molecule has 0 atom stereocenters. The van der Waals surface area contributed by atoms with Crippen LogP contribution < -0.4 is 15.6 Å². The van der Waals surface area contributed by atoms with E-state index in [-0.39, 0.29) is 36.1 Å². The van der Waals surface area contributed by atoms with Crippen molar-refractivity contribution in [2.45, 2.75) is 26.3 Å². The number of carbonyl (C=O) groups is 5. The Morgan fingerprint density at radius 2 is 1.59 bits per heavy atom. The maximum atomic E-state index is 13.2. The van der Waals surface area contributed by atoms with Gasteiger partial charge >= 0.3 is 11.9 Å². The molecule has 2 heterocycles. The molecule has 1 fully saturated rings. The molecule has 3 aromatic carbocycles. The fourth-order valence-corrected chi connectivity index (χ4v) is 5.63. The highest BCUT2D eigenvalue weighted by molar-refractivity contribution is 6.09. The van der Waals surface area contributed by atoms with E-state index >= 15 is 0 Å². The van der Waals surface area contributed by atoms with Crippen molar-refractivity contribution in [1.82, 2.24) is 10.4 Å². The minimum atomic E-state index is -1.20. The van der Waals surface area contributed by atoms with Gasteiger partial charge in [0.1, 0.15) is 11.3 Å². The zero-order chi connectivity index (χ0) is 34.8. The highest BCUT2D eigenvalue weighted by Crippen LogP contribution is 2.42. The summed E-state index contributed by atoms with van der Waals surface area (Å²) in [5.74, 6) is -3.16. The van der Waals surface area contributed by atoms with E-state index in [1.54, 1.807) is 24.3 Å². The smallest absolute Gasteiger partial charge is 0.363 e. The molecular weight excluding hydrogens is 628 g/mol. The Morgan fingerprint density at radius 1 is 0.898 bits per heavy atom. The molecule has 6 rings (SSSR count). The van der Waals surface area contributed by atoms with Gasteiger partial charge in [-0.1, -0.05) is 18.2 Å². The Kier molecular flexibility index (Phi) is 8.95. The first-order valence-electron chi connectivity index (χ1n) is 15.6. The van der Waals surface area contributed by atoms with Gasteiger partial charge in [0.2, 0.25) is 0 Å². The molecule has 2 aliphatic heterocycles. The van der Waals surface area contributed by atoms with E-state index in [0.717, 1.165) is 11.0 Å². The summed E-state index contributed by atoms with van der Waals surface area (Å²) in [7, 11) is 3.84. The van der Waals surface area contributed by atoms with E-state index in [9.17, 15) is 29.1 Å². The van der Waals surface area contributed by atoms with Crippen molar-refractivity contribution < 1.29 is 38.3 Å². The standard InChI is InChI=1S/C37H32N4O8/c1-4-38-24-10-13-27-30(18-24)48-31-19-25(40(2)3)11-14-28(31)34(27)26-12-9-23(17-29(26)36(45)46)35(44)39-20-21-5-7-22(8-6-21)37(47)49-41-32(42)15-16-33(41)43/h5-14,17-19H,4,15-16,20H2,1-3H3,(H,39,44)(H,45,46)/b38-24+. The molecule has 3 amide bonds. The number of carbonyl (C=O) groups excluding carboxylic acids is 4. The third-order valence-corrected chi connectivity index (χ3v) is 8.15. The molecule has 248 valence electrons. The molecule has 49 heavy (non-hydrogen) atoms. The molecule has 0 saturated carbocycles. The van der Waals surface area contributed by atoms with Crippen LogP contribution in [0.25, 0.3) is 33.4 Å². The monoisotopic (exact) mass is 660 g/mol.